The molecule has 0 fully saturated rings. The number of methoxy groups -OCH3 is 1. The Bertz CT molecular complexity index is 891. The molecule has 2 aromatic heterocycles. The van der Waals surface area contributed by atoms with Gasteiger partial charge < -0.3 is 14.4 Å². The first-order valence-electron chi connectivity index (χ1n) is 9.82. The Morgan fingerprint density at radius 3 is 2.54 bits per heavy atom. The topological polar surface area (TPSA) is 60.2 Å². The summed E-state index contributed by atoms with van der Waals surface area (Å²) >= 11 is 0. The molecular formula is C23H35N3O2. The highest BCUT2D eigenvalue weighted by Gasteiger charge is 2.15. The summed E-state index contributed by atoms with van der Waals surface area (Å²) in [7, 11) is 2.77. The average molecular weight is 386 g/mol. The van der Waals surface area contributed by atoms with E-state index >= 15 is 0 Å². The number of aryl methyl sites for hydroxylation is 2. The molecule has 0 amide bonds. The largest absolute Gasteiger partial charge is 0.499 e. The minimum atomic E-state index is 0.802. The Kier molecular flexibility index (Phi) is 10.2. The van der Waals surface area contributed by atoms with Crippen molar-refractivity contribution in [2.45, 2.75) is 60.4 Å². The summed E-state index contributed by atoms with van der Waals surface area (Å²) in [6.45, 7) is 11.3. The first-order chi connectivity index (χ1) is 13.5. The SMILES string of the molecule is CC=C(C)C.CCCn1cc(-c2ccnc(C)n2)c2c1=C(OC)CCC=2.CO. The van der Waals surface area contributed by atoms with E-state index in [-0.39, 0.29) is 0 Å². The van der Waals surface area contributed by atoms with E-state index in [0.29, 0.717) is 0 Å². The summed E-state index contributed by atoms with van der Waals surface area (Å²) in [6, 6.07) is 1.98. The molecule has 1 aliphatic rings. The lowest BCUT2D eigenvalue weighted by Crippen LogP contribution is -2.35. The quantitative estimate of drug-likeness (QED) is 0.818. The molecule has 1 N–H and O–H groups in total. The maximum Gasteiger partial charge on any atom is 0.125 e. The first kappa shape index (κ1) is 23.6. The van der Waals surface area contributed by atoms with Gasteiger partial charge in [-0.3, -0.25) is 0 Å². The van der Waals surface area contributed by atoms with E-state index in [1.54, 1.807) is 7.11 Å². The van der Waals surface area contributed by atoms with Crippen LogP contribution < -0.4 is 10.6 Å². The monoisotopic (exact) mass is 385 g/mol. The van der Waals surface area contributed by atoms with Crippen LogP contribution in [0.25, 0.3) is 23.1 Å². The van der Waals surface area contributed by atoms with Crippen molar-refractivity contribution in [3.05, 3.63) is 46.5 Å². The molecule has 28 heavy (non-hydrogen) atoms. The molecule has 0 bridgehead atoms. The number of aliphatic hydroxyl groups excluding tert-OH is 1. The van der Waals surface area contributed by atoms with Crippen molar-refractivity contribution >= 4 is 11.8 Å². The Morgan fingerprint density at radius 1 is 1.32 bits per heavy atom. The van der Waals surface area contributed by atoms with E-state index < -0.39 is 0 Å². The van der Waals surface area contributed by atoms with Crippen LogP contribution in [0.5, 0.6) is 0 Å². The van der Waals surface area contributed by atoms with Gasteiger partial charge >= 0.3 is 0 Å². The van der Waals surface area contributed by atoms with Gasteiger partial charge in [-0.1, -0.05) is 24.6 Å². The van der Waals surface area contributed by atoms with Gasteiger partial charge in [0, 0.05) is 43.3 Å². The molecule has 0 spiro atoms. The number of ether oxygens (including phenoxy) is 1. The molecule has 2 aromatic rings. The van der Waals surface area contributed by atoms with Crippen LogP contribution in [0.15, 0.2) is 30.1 Å². The second kappa shape index (κ2) is 12.1. The van der Waals surface area contributed by atoms with Crippen molar-refractivity contribution in [3.8, 4) is 11.3 Å². The van der Waals surface area contributed by atoms with Crippen molar-refractivity contribution in [3.63, 3.8) is 0 Å². The van der Waals surface area contributed by atoms with Gasteiger partial charge in [-0.15, -0.1) is 0 Å². The number of rotatable bonds is 4. The highest BCUT2D eigenvalue weighted by Crippen LogP contribution is 2.16. The molecule has 1 aliphatic carbocycles. The standard InChI is InChI=1S/C17H21N3O.C5H10.CH4O/c1-4-10-20-11-14(15-8-9-18-12(2)19-15)13-6-5-7-16(21-3)17(13)20;1-4-5(2)3;1-2/h6,8-9,11H,4-5,7,10H2,1-3H3;4H,1-3H3;2H,1H3. The van der Waals surface area contributed by atoms with Crippen molar-refractivity contribution in [2.75, 3.05) is 14.2 Å². The van der Waals surface area contributed by atoms with Gasteiger partial charge in [0.2, 0.25) is 0 Å². The third-order valence-electron chi connectivity index (χ3n) is 4.44. The maximum absolute atomic E-state index is 7.00. The van der Waals surface area contributed by atoms with Crippen LogP contribution >= 0.6 is 0 Å². The number of allylic oxidation sites excluding steroid dienone is 2. The molecule has 0 aromatic carbocycles. The van der Waals surface area contributed by atoms with Crippen LogP contribution in [0.2, 0.25) is 0 Å². The zero-order chi connectivity index (χ0) is 21.1. The zero-order valence-corrected chi connectivity index (χ0v) is 18.4. The molecule has 3 rings (SSSR count). The van der Waals surface area contributed by atoms with Gasteiger partial charge in [-0.2, -0.15) is 0 Å². The van der Waals surface area contributed by atoms with Crippen LogP contribution in [0.1, 0.15) is 52.8 Å². The highest BCUT2D eigenvalue weighted by atomic mass is 16.5. The van der Waals surface area contributed by atoms with Crippen molar-refractivity contribution in [1.29, 1.82) is 0 Å². The number of fused-ring (bicyclic) bond motifs is 1. The zero-order valence-electron chi connectivity index (χ0n) is 18.4. The van der Waals surface area contributed by atoms with E-state index in [1.165, 1.54) is 21.7 Å². The summed E-state index contributed by atoms with van der Waals surface area (Å²) in [4.78, 5) is 8.77. The third-order valence-corrected chi connectivity index (χ3v) is 4.44. The summed E-state index contributed by atoms with van der Waals surface area (Å²) in [5.74, 6) is 1.88. The van der Waals surface area contributed by atoms with E-state index in [9.17, 15) is 0 Å². The van der Waals surface area contributed by atoms with Gasteiger partial charge in [-0.25, -0.2) is 9.97 Å². The van der Waals surface area contributed by atoms with Gasteiger partial charge in [-0.05, 0) is 46.6 Å². The lowest BCUT2D eigenvalue weighted by atomic mass is 10.1. The number of aromatic nitrogens is 3. The molecule has 0 saturated heterocycles. The molecule has 5 heteroatoms. The van der Waals surface area contributed by atoms with Gasteiger partial charge in [0.05, 0.1) is 18.2 Å². The number of hydrogen-bond donors (Lipinski definition) is 1. The van der Waals surface area contributed by atoms with Gasteiger partial charge in [0.15, 0.2) is 0 Å². The fraction of sp³-hybridized carbons (Fsp3) is 0.478. The molecule has 0 saturated carbocycles. The molecule has 0 aliphatic heterocycles. The van der Waals surface area contributed by atoms with E-state index in [1.807, 2.05) is 26.1 Å². The lowest BCUT2D eigenvalue weighted by molar-refractivity contribution is 0.344. The summed E-state index contributed by atoms with van der Waals surface area (Å²) in [5, 5.41) is 9.47. The molecular weight excluding hydrogens is 350 g/mol. The van der Waals surface area contributed by atoms with Crippen molar-refractivity contribution in [1.82, 2.24) is 14.5 Å². The molecule has 2 heterocycles. The Balaban J connectivity index is 0.000000490. The molecule has 0 radical (unpaired) electrons. The minimum absolute atomic E-state index is 0.802. The maximum atomic E-state index is 7.00. The molecule has 154 valence electrons. The first-order valence-corrected chi connectivity index (χ1v) is 9.82. The minimum Gasteiger partial charge on any atom is -0.499 e. The van der Waals surface area contributed by atoms with E-state index in [2.05, 4.69) is 53.7 Å². The van der Waals surface area contributed by atoms with Gasteiger partial charge in [0.1, 0.15) is 11.6 Å². The van der Waals surface area contributed by atoms with Crippen LogP contribution in [0, 0.1) is 6.92 Å². The predicted octanol–water partition coefficient (Wildman–Crippen LogP) is 3.57. The predicted molar refractivity (Wildman–Crippen MR) is 117 cm³/mol. The van der Waals surface area contributed by atoms with Crippen LogP contribution in [-0.4, -0.2) is 33.9 Å². The van der Waals surface area contributed by atoms with Crippen molar-refractivity contribution in [2.24, 2.45) is 0 Å². The smallest absolute Gasteiger partial charge is 0.125 e. The van der Waals surface area contributed by atoms with E-state index in [0.717, 1.165) is 50.2 Å². The molecule has 0 atom stereocenters. The van der Waals surface area contributed by atoms with Crippen LogP contribution in [-0.2, 0) is 11.3 Å². The fourth-order valence-corrected chi connectivity index (χ4v) is 2.98. The normalized spacial score (nSPS) is 11.8. The Labute approximate surface area is 169 Å². The van der Waals surface area contributed by atoms with Crippen molar-refractivity contribution < 1.29 is 9.84 Å². The number of nitrogens with zero attached hydrogens (tertiary/aromatic N) is 3. The molecule has 0 unspecified atom stereocenters. The lowest BCUT2D eigenvalue weighted by Gasteiger charge is -2.10. The van der Waals surface area contributed by atoms with Crippen LogP contribution in [0.3, 0.4) is 0 Å². The Hall–Kier alpha value is -2.40. The summed E-state index contributed by atoms with van der Waals surface area (Å²) in [5.41, 5.74) is 3.55. The second-order valence-electron chi connectivity index (χ2n) is 6.72. The van der Waals surface area contributed by atoms with Crippen LogP contribution in [0.4, 0.5) is 0 Å². The average Bonchev–Trinajstić information content (AvgIpc) is 3.09. The number of aliphatic hydroxyl groups is 1. The van der Waals surface area contributed by atoms with Gasteiger partial charge in [0.25, 0.3) is 0 Å². The highest BCUT2D eigenvalue weighted by molar-refractivity contribution is 5.63. The third kappa shape index (κ3) is 6.06. The molecule has 5 nitrogen and oxygen atoms in total. The summed E-state index contributed by atoms with van der Waals surface area (Å²) < 4.78 is 7.92. The fourth-order valence-electron chi connectivity index (χ4n) is 2.98. The van der Waals surface area contributed by atoms with E-state index in [4.69, 9.17) is 9.84 Å². The summed E-state index contributed by atoms with van der Waals surface area (Å²) in [6.07, 6.45) is 11.5. The number of hydrogen-bond acceptors (Lipinski definition) is 4. The second-order valence-corrected chi connectivity index (χ2v) is 6.72. The Morgan fingerprint density at radius 2 is 2.00 bits per heavy atom.